The van der Waals surface area contributed by atoms with Crippen LogP contribution >= 0.6 is 0 Å². The highest BCUT2D eigenvalue weighted by Gasteiger charge is 2.07. The number of hydrogen-bond acceptors (Lipinski definition) is 3. The van der Waals surface area contributed by atoms with Gasteiger partial charge in [-0.05, 0) is 36.6 Å². The molecule has 2 aromatic rings. The van der Waals surface area contributed by atoms with Gasteiger partial charge in [-0.3, -0.25) is 4.99 Å². The van der Waals surface area contributed by atoms with E-state index in [0.29, 0.717) is 11.4 Å². The van der Waals surface area contributed by atoms with E-state index in [1.807, 2.05) is 37.4 Å². The minimum absolute atomic E-state index is 0.348. The van der Waals surface area contributed by atoms with E-state index in [9.17, 15) is 8.42 Å². The van der Waals surface area contributed by atoms with Crippen LogP contribution in [0.1, 0.15) is 18.1 Å². The lowest BCUT2D eigenvalue weighted by molar-refractivity contribution is 0.477. The summed E-state index contributed by atoms with van der Waals surface area (Å²) in [5.41, 5.74) is 2.31. The molecule has 26 heavy (non-hydrogen) atoms. The van der Waals surface area contributed by atoms with Crippen LogP contribution in [0.4, 0.5) is 0 Å². The van der Waals surface area contributed by atoms with Gasteiger partial charge in [-0.1, -0.05) is 42.5 Å². The van der Waals surface area contributed by atoms with Gasteiger partial charge in [0.2, 0.25) is 0 Å². The van der Waals surface area contributed by atoms with E-state index in [0.717, 1.165) is 31.0 Å². The maximum absolute atomic E-state index is 11.5. The second-order valence-electron chi connectivity index (χ2n) is 6.24. The van der Waals surface area contributed by atoms with Crippen LogP contribution in [0.25, 0.3) is 0 Å². The van der Waals surface area contributed by atoms with Gasteiger partial charge in [-0.2, -0.15) is 0 Å². The fraction of sp³-hybridized carbons (Fsp3) is 0.350. The van der Waals surface area contributed by atoms with Gasteiger partial charge in [0.05, 0.1) is 4.90 Å². The van der Waals surface area contributed by atoms with Gasteiger partial charge in [0.15, 0.2) is 15.8 Å². The van der Waals surface area contributed by atoms with Crippen molar-refractivity contribution < 1.29 is 8.42 Å². The lowest BCUT2D eigenvalue weighted by atomic mass is 10.1. The molecule has 0 aliphatic heterocycles. The lowest BCUT2D eigenvalue weighted by Crippen LogP contribution is -2.38. The molecule has 0 heterocycles. The molecule has 0 spiro atoms. The molecule has 0 aliphatic rings. The summed E-state index contributed by atoms with van der Waals surface area (Å²) in [5, 5.41) is 3.31. The Hall–Kier alpha value is -2.34. The van der Waals surface area contributed by atoms with E-state index in [4.69, 9.17) is 0 Å². The average molecular weight is 374 g/mol. The summed E-state index contributed by atoms with van der Waals surface area (Å²) >= 11 is 0. The fourth-order valence-electron chi connectivity index (χ4n) is 2.60. The molecule has 0 saturated carbocycles. The number of nitrogens with zero attached hydrogens (tertiary/aromatic N) is 2. The van der Waals surface area contributed by atoms with Crippen LogP contribution in [0, 0.1) is 0 Å². The standard InChI is InChI=1S/C20H27N3O2S/c1-4-21-20(23(2)16-18-8-6-5-7-9-18)22-15-14-17-10-12-19(13-11-17)26(3,24)25/h5-13H,4,14-16H2,1-3H3,(H,21,22). The summed E-state index contributed by atoms with van der Waals surface area (Å²) in [6.45, 7) is 4.28. The van der Waals surface area contributed by atoms with Crippen LogP contribution < -0.4 is 5.32 Å². The van der Waals surface area contributed by atoms with Crippen LogP contribution in [0.15, 0.2) is 64.5 Å². The lowest BCUT2D eigenvalue weighted by Gasteiger charge is -2.22. The Morgan fingerprint density at radius 1 is 1.04 bits per heavy atom. The third-order valence-electron chi connectivity index (χ3n) is 3.97. The molecule has 0 atom stereocenters. The Labute approximate surface area is 156 Å². The zero-order valence-electron chi connectivity index (χ0n) is 15.6. The first-order valence-electron chi connectivity index (χ1n) is 8.72. The molecule has 5 nitrogen and oxygen atoms in total. The molecule has 0 radical (unpaired) electrons. The minimum atomic E-state index is -3.15. The van der Waals surface area contributed by atoms with Crippen molar-refractivity contribution in [2.45, 2.75) is 24.8 Å². The predicted molar refractivity (Wildman–Crippen MR) is 107 cm³/mol. The molecule has 0 aromatic heterocycles. The van der Waals surface area contributed by atoms with Crippen LogP contribution in [-0.2, 0) is 22.8 Å². The van der Waals surface area contributed by atoms with Crippen molar-refractivity contribution in [1.82, 2.24) is 10.2 Å². The number of benzene rings is 2. The molecule has 1 N–H and O–H groups in total. The van der Waals surface area contributed by atoms with E-state index in [-0.39, 0.29) is 0 Å². The number of rotatable bonds is 7. The van der Waals surface area contributed by atoms with Crippen molar-refractivity contribution in [3.63, 3.8) is 0 Å². The van der Waals surface area contributed by atoms with Crippen LogP contribution in [-0.4, -0.2) is 45.7 Å². The molecule has 0 saturated heterocycles. The van der Waals surface area contributed by atoms with Crippen molar-refractivity contribution in [2.24, 2.45) is 4.99 Å². The molecule has 0 bridgehead atoms. The molecule has 0 aliphatic carbocycles. The molecule has 140 valence electrons. The maximum atomic E-state index is 11.5. The van der Waals surface area contributed by atoms with Crippen molar-refractivity contribution in [2.75, 3.05) is 26.4 Å². The Bertz CT molecular complexity index is 816. The second kappa shape index (κ2) is 9.38. The number of hydrogen-bond donors (Lipinski definition) is 1. The van der Waals surface area contributed by atoms with Gasteiger partial charge in [-0.15, -0.1) is 0 Å². The highest BCUT2D eigenvalue weighted by atomic mass is 32.2. The summed E-state index contributed by atoms with van der Waals surface area (Å²) in [7, 11) is -1.12. The number of aliphatic imine (C=N–C) groups is 1. The minimum Gasteiger partial charge on any atom is -0.357 e. The Morgan fingerprint density at radius 2 is 1.69 bits per heavy atom. The first-order valence-corrected chi connectivity index (χ1v) is 10.6. The second-order valence-corrected chi connectivity index (χ2v) is 8.26. The quantitative estimate of drug-likeness (QED) is 0.599. The monoisotopic (exact) mass is 373 g/mol. The number of guanidine groups is 1. The van der Waals surface area contributed by atoms with E-state index in [2.05, 4.69) is 34.3 Å². The van der Waals surface area contributed by atoms with Gasteiger partial charge >= 0.3 is 0 Å². The van der Waals surface area contributed by atoms with Crippen molar-refractivity contribution in [3.8, 4) is 0 Å². The van der Waals surface area contributed by atoms with E-state index in [1.165, 1.54) is 11.8 Å². The average Bonchev–Trinajstić information content (AvgIpc) is 2.61. The molecular formula is C20H27N3O2S. The van der Waals surface area contributed by atoms with E-state index >= 15 is 0 Å². The van der Waals surface area contributed by atoms with Gasteiger partial charge in [0.25, 0.3) is 0 Å². The van der Waals surface area contributed by atoms with Gasteiger partial charge in [-0.25, -0.2) is 8.42 Å². The fourth-order valence-corrected chi connectivity index (χ4v) is 3.23. The van der Waals surface area contributed by atoms with Crippen LogP contribution in [0.2, 0.25) is 0 Å². The van der Waals surface area contributed by atoms with Crippen LogP contribution in [0.3, 0.4) is 0 Å². The normalized spacial score (nSPS) is 12.0. The zero-order valence-corrected chi connectivity index (χ0v) is 16.5. The molecule has 0 amide bonds. The van der Waals surface area contributed by atoms with Crippen molar-refractivity contribution >= 4 is 15.8 Å². The summed E-state index contributed by atoms with van der Waals surface area (Å²) < 4.78 is 23.0. The summed E-state index contributed by atoms with van der Waals surface area (Å²) in [4.78, 5) is 7.14. The topological polar surface area (TPSA) is 61.8 Å². The molecule has 2 aromatic carbocycles. The Kier molecular flexibility index (Phi) is 7.21. The first kappa shape index (κ1) is 20.0. The van der Waals surface area contributed by atoms with Crippen molar-refractivity contribution in [1.29, 1.82) is 0 Å². The van der Waals surface area contributed by atoms with E-state index < -0.39 is 9.84 Å². The van der Waals surface area contributed by atoms with Gasteiger partial charge < -0.3 is 10.2 Å². The van der Waals surface area contributed by atoms with E-state index in [1.54, 1.807) is 12.1 Å². The largest absolute Gasteiger partial charge is 0.357 e. The zero-order chi connectivity index (χ0) is 19.0. The molecule has 0 unspecified atom stereocenters. The summed E-state index contributed by atoms with van der Waals surface area (Å²) in [6.07, 6.45) is 1.98. The van der Waals surface area contributed by atoms with Crippen molar-refractivity contribution in [3.05, 3.63) is 65.7 Å². The highest BCUT2D eigenvalue weighted by molar-refractivity contribution is 7.90. The maximum Gasteiger partial charge on any atom is 0.193 e. The SMILES string of the molecule is CCNC(=NCCc1ccc(S(C)(=O)=O)cc1)N(C)Cc1ccccc1. The Morgan fingerprint density at radius 3 is 2.27 bits per heavy atom. The molecular weight excluding hydrogens is 346 g/mol. The third-order valence-corrected chi connectivity index (χ3v) is 5.10. The third kappa shape index (κ3) is 6.19. The van der Waals surface area contributed by atoms with Crippen LogP contribution in [0.5, 0.6) is 0 Å². The molecule has 6 heteroatoms. The number of nitrogens with one attached hydrogen (secondary N) is 1. The Balaban J connectivity index is 1.98. The summed E-state index contributed by atoms with van der Waals surface area (Å²) in [6, 6.07) is 17.3. The van der Waals surface area contributed by atoms with Gasteiger partial charge in [0, 0.05) is 32.9 Å². The predicted octanol–water partition coefficient (Wildman–Crippen LogP) is 2.73. The smallest absolute Gasteiger partial charge is 0.193 e. The molecule has 0 fully saturated rings. The highest BCUT2D eigenvalue weighted by Crippen LogP contribution is 2.11. The first-order chi connectivity index (χ1) is 12.4. The number of sulfone groups is 1. The summed E-state index contributed by atoms with van der Waals surface area (Å²) in [5.74, 6) is 0.865. The molecule has 2 rings (SSSR count). The van der Waals surface area contributed by atoms with Gasteiger partial charge in [0.1, 0.15) is 0 Å².